The van der Waals surface area contributed by atoms with Gasteiger partial charge < -0.3 is 9.15 Å². The first-order valence-corrected chi connectivity index (χ1v) is 4.97. The van der Waals surface area contributed by atoms with Gasteiger partial charge in [0.1, 0.15) is 5.58 Å². The van der Waals surface area contributed by atoms with E-state index in [1.807, 2.05) is 0 Å². The second-order valence-electron chi connectivity index (χ2n) is 3.31. The number of carbonyl (C=O) groups is 1. The van der Waals surface area contributed by atoms with Gasteiger partial charge in [0.2, 0.25) is 5.76 Å². The van der Waals surface area contributed by atoms with E-state index < -0.39 is 10.9 Å². The fourth-order valence-corrected chi connectivity index (χ4v) is 1.45. The summed E-state index contributed by atoms with van der Waals surface area (Å²) in [6.07, 6.45) is 0. The highest BCUT2D eigenvalue weighted by atomic mass is 16.6. The Labute approximate surface area is 95.9 Å². The molecule has 2 rings (SSSR count). The first-order valence-electron chi connectivity index (χ1n) is 4.97. The Bertz CT molecular complexity index is 587. The van der Waals surface area contributed by atoms with Crippen LogP contribution in [0, 0.1) is 10.1 Å². The fraction of sp³-hybridized carbons (Fsp3) is 0.182. The maximum absolute atomic E-state index is 11.4. The first kappa shape index (κ1) is 11.1. The van der Waals surface area contributed by atoms with Crippen LogP contribution in [0.4, 0.5) is 5.69 Å². The molecular formula is C11H9NO5. The molecule has 0 radical (unpaired) electrons. The van der Waals surface area contributed by atoms with Crippen LogP contribution < -0.4 is 0 Å². The van der Waals surface area contributed by atoms with Crippen molar-refractivity contribution in [2.75, 3.05) is 6.61 Å². The molecule has 6 nitrogen and oxygen atoms in total. The zero-order valence-electron chi connectivity index (χ0n) is 9.00. The minimum Gasteiger partial charge on any atom is -0.460 e. The Morgan fingerprint density at radius 1 is 1.47 bits per heavy atom. The van der Waals surface area contributed by atoms with Gasteiger partial charge in [-0.3, -0.25) is 10.1 Å². The van der Waals surface area contributed by atoms with Crippen molar-refractivity contribution in [1.29, 1.82) is 0 Å². The van der Waals surface area contributed by atoms with E-state index in [1.165, 1.54) is 24.3 Å². The lowest BCUT2D eigenvalue weighted by Gasteiger charge is -1.95. The van der Waals surface area contributed by atoms with Gasteiger partial charge in [-0.15, -0.1) is 0 Å². The van der Waals surface area contributed by atoms with Gasteiger partial charge in [0.15, 0.2) is 0 Å². The lowest BCUT2D eigenvalue weighted by molar-refractivity contribution is -0.384. The maximum atomic E-state index is 11.4. The summed E-state index contributed by atoms with van der Waals surface area (Å²) in [5.74, 6) is -0.534. The number of fused-ring (bicyclic) bond motifs is 1. The van der Waals surface area contributed by atoms with E-state index in [0.29, 0.717) is 11.0 Å². The third-order valence-electron chi connectivity index (χ3n) is 2.19. The van der Waals surface area contributed by atoms with E-state index in [0.717, 1.165) is 0 Å². The van der Waals surface area contributed by atoms with Crippen molar-refractivity contribution in [2.45, 2.75) is 6.92 Å². The van der Waals surface area contributed by atoms with Gasteiger partial charge in [-0.25, -0.2) is 4.79 Å². The summed E-state index contributed by atoms with van der Waals surface area (Å²) in [5.41, 5.74) is 0.368. The van der Waals surface area contributed by atoms with Crippen LogP contribution in [0.2, 0.25) is 0 Å². The summed E-state index contributed by atoms with van der Waals surface area (Å²) in [6.45, 7) is 1.93. The third-order valence-corrected chi connectivity index (χ3v) is 2.19. The van der Waals surface area contributed by atoms with E-state index in [4.69, 9.17) is 9.15 Å². The fourth-order valence-electron chi connectivity index (χ4n) is 1.45. The predicted molar refractivity (Wildman–Crippen MR) is 58.8 cm³/mol. The number of rotatable bonds is 3. The van der Waals surface area contributed by atoms with Gasteiger partial charge in [-0.2, -0.15) is 0 Å². The second kappa shape index (κ2) is 4.25. The summed E-state index contributed by atoms with van der Waals surface area (Å²) in [6, 6.07) is 5.55. The zero-order valence-corrected chi connectivity index (χ0v) is 9.00. The molecule has 0 N–H and O–H groups in total. The van der Waals surface area contributed by atoms with Gasteiger partial charge in [-0.05, 0) is 19.1 Å². The number of esters is 1. The molecule has 1 aromatic heterocycles. The number of carbonyl (C=O) groups excluding carboxylic acids is 1. The molecule has 1 aromatic carbocycles. The molecule has 0 atom stereocenters. The Hall–Kier alpha value is -2.37. The average Bonchev–Trinajstić information content (AvgIpc) is 2.71. The number of furan rings is 1. The number of ether oxygens (including phenoxy) is 1. The lowest BCUT2D eigenvalue weighted by Crippen LogP contribution is -2.02. The smallest absolute Gasteiger partial charge is 0.374 e. The third kappa shape index (κ3) is 2.10. The lowest BCUT2D eigenvalue weighted by atomic mass is 10.2. The topological polar surface area (TPSA) is 82.6 Å². The van der Waals surface area contributed by atoms with Crippen molar-refractivity contribution in [3.63, 3.8) is 0 Å². The van der Waals surface area contributed by atoms with Gasteiger partial charge >= 0.3 is 5.97 Å². The van der Waals surface area contributed by atoms with Gasteiger partial charge in [0, 0.05) is 17.5 Å². The Balaban J connectivity index is 2.43. The molecule has 0 unspecified atom stereocenters. The van der Waals surface area contributed by atoms with Gasteiger partial charge in [0.25, 0.3) is 5.69 Å². The molecule has 0 saturated carbocycles. The molecule has 0 saturated heterocycles. The largest absolute Gasteiger partial charge is 0.460 e. The molecule has 88 valence electrons. The quantitative estimate of drug-likeness (QED) is 0.463. The minimum absolute atomic E-state index is 0.0438. The number of hydrogen-bond donors (Lipinski definition) is 0. The number of nitro groups is 1. The van der Waals surface area contributed by atoms with E-state index >= 15 is 0 Å². The minimum atomic E-state index is -0.577. The summed E-state index contributed by atoms with van der Waals surface area (Å²) in [7, 11) is 0. The van der Waals surface area contributed by atoms with Crippen LogP contribution in [0.5, 0.6) is 0 Å². The Kier molecular flexibility index (Phi) is 2.78. The molecule has 2 aromatic rings. The maximum Gasteiger partial charge on any atom is 0.374 e. The molecule has 17 heavy (non-hydrogen) atoms. The Morgan fingerprint density at radius 2 is 2.24 bits per heavy atom. The van der Waals surface area contributed by atoms with E-state index in [2.05, 4.69) is 0 Å². The second-order valence-corrected chi connectivity index (χ2v) is 3.31. The SMILES string of the molecule is CCOC(=O)c1cc2cc([N+](=O)[O-])ccc2o1. The van der Waals surface area contributed by atoms with Crippen molar-refractivity contribution in [2.24, 2.45) is 0 Å². The van der Waals surface area contributed by atoms with Crippen molar-refractivity contribution in [3.05, 3.63) is 40.1 Å². The van der Waals surface area contributed by atoms with Crippen LogP contribution in [-0.4, -0.2) is 17.5 Å². The molecule has 0 aliphatic carbocycles. The van der Waals surface area contributed by atoms with Crippen LogP contribution in [-0.2, 0) is 4.74 Å². The van der Waals surface area contributed by atoms with Crippen molar-refractivity contribution in [3.8, 4) is 0 Å². The number of nitrogens with zero attached hydrogens (tertiary/aromatic N) is 1. The molecule has 0 amide bonds. The number of hydrogen-bond acceptors (Lipinski definition) is 5. The van der Waals surface area contributed by atoms with Crippen molar-refractivity contribution >= 4 is 22.6 Å². The predicted octanol–water partition coefficient (Wildman–Crippen LogP) is 2.52. The van der Waals surface area contributed by atoms with Crippen LogP contribution in [0.25, 0.3) is 11.0 Å². The van der Waals surface area contributed by atoms with Crippen LogP contribution in [0.15, 0.2) is 28.7 Å². The molecule has 0 aliphatic rings. The van der Waals surface area contributed by atoms with Gasteiger partial charge in [0.05, 0.1) is 11.5 Å². The summed E-state index contributed by atoms with van der Waals surface area (Å²) < 4.78 is 9.99. The number of benzene rings is 1. The van der Waals surface area contributed by atoms with Crippen LogP contribution in [0.1, 0.15) is 17.5 Å². The highest BCUT2D eigenvalue weighted by molar-refractivity contribution is 5.93. The summed E-state index contributed by atoms with van der Waals surface area (Å²) in [5, 5.41) is 11.1. The number of non-ortho nitro benzene ring substituents is 1. The van der Waals surface area contributed by atoms with Crippen molar-refractivity contribution < 1.29 is 18.9 Å². The number of nitro benzene ring substituents is 1. The average molecular weight is 235 g/mol. The molecular weight excluding hydrogens is 226 g/mol. The molecule has 1 heterocycles. The summed E-state index contributed by atoms with van der Waals surface area (Å²) >= 11 is 0. The van der Waals surface area contributed by atoms with E-state index in [9.17, 15) is 14.9 Å². The highest BCUT2D eigenvalue weighted by Crippen LogP contribution is 2.24. The highest BCUT2D eigenvalue weighted by Gasteiger charge is 2.15. The zero-order chi connectivity index (χ0) is 12.4. The van der Waals surface area contributed by atoms with Gasteiger partial charge in [-0.1, -0.05) is 0 Å². The van der Waals surface area contributed by atoms with E-state index in [1.54, 1.807) is 6.92 Å². The normalized spacial score (nSPS) is 10.4. The van der Waals surface area contributed by atoms with Crippen LogP contribution in [0.3, 0.4) is 0 Å². The Morgan fingerprint density at radius 3 is 2.88 bits per heavy atom. The van der Waals surface area contributed by atoms with Crippen molar-refractivity contribution in [1.82, 2.24) is 0 Å². The van der Waals surface area contributed by atoms with Crippen LogP contribution >= 0.6 is 0 Å². The standard InChI is InChI=1S/C11H9NO5/c1-2-16-11(13)10-6-7-5-8(12(14)15)3-4-9(7)17-10/h3-6H,2H2,1H3. The first-order chi connectivity index (χ1) is 8.11. The molecule has 0 bridgehead atoms. The molecule has 0 aliphatic heterocycles. The molecule has 0 spiro atoms. The van der Waals surface area contributed by atoms with E-state index in [-0.39, 0.29) is 18.1 Å². The summed E-state index contributed by atoms with van der Waals surface area (Å²) in [4.78, 5) is 21.5. The monoisotopic (exact) mass is 235 g/mol. The molecule has 0 fully saturated rings. The molecule has 6 heteroatoms.